The highest BCUT2D eigenvalue weighted by atomic mass is 31.2. The largest absolute Gasteiger partial charge is 0.416 e. The van der Waals surface area contributed by atoms with Gasteiger partial charge >= 0.3 is 12.4 Å². The monoisotopic (exact) mass is 862 g/mol. The second-order valence-electron chi connectivity index (χ2n) is 15.7. The molecule has 9 aromatic rings. The Balaban J connectivity index is 1.28. The minimum atomic E-state index is -4.57. The van der Waals surface area contributed by atoms with Crippen LogP contribution in [0.3, 0.4) is 0 Å². The van der Waals surface area contributed by atoms with Gasteiger partial charge in [-0.1, -0.05) is 133 Å². The average molecular weight is 863 g/mol. The molecule has 0 bridgehead atoms. The Morgan fingerprint density at radius 1 is 0.323 bits per heavy atom. The summed E-state index contributed by atoms with van der Waals surface area (Å²) >= 11 is 0. The molecule has 302 valence electrons. The van der Waals surface area contributed by atoms with Gasteiger partial charge in [-0.3, -0.25) is 0 Å². The van der Waals surface area contributed by atoms with Crippen LogP contribution in [0.15, 0.2) is 182 Å². The van der Waals surface area contributed by atoms with Gasteiger partial charge in [0.25, 0.3) is 0 Å². The predicted molar refractivity (Wildman–Crippen MR) is 239 cm³/mol. The fourth-order valence-electron chi connectivity index (χ4n) is 9.57. The molecule has 2 aliphatic rings. The van der Waals surface area contributed by atoms with E-state index in [0.29, 0.717) is 43.5 Å². The molecule has 9 aromatic carbocycles. The van der Waals surface area contributed by atoms with Crippen LogP contribution in [0.1, 0.15) is 11.1 Å². The SMILES string of the molecule is O=P1(c2ccc(C(F)(F)F)cc2)c2ccccc2-c2cc3c(-c4ccccc4)c4cc5c(cc4c(-c4ccccc4)c3cc21)-c1ccccc1P5(=O)c1ccc(C(F)(F)F)cc1. The van der Waals surface area contributed by atoms with Gasteiger partial charge in [-0.2, -0.15) is 26.3 Å². The minimum Gasteiger partial charge on any atom is -0.309 e. The highest BCUT2D eigenvalue weighted by molar-refractivity contribution is 7.87. The maximum atomic E-state index is 15.9. The lowest BCUT2D eigenvalue weighted by atomic mass is 9.84. The van der Waals surface area contributed by atoms with Gasteiger partial charge in [0.1, 0.15) is 0 Å². The minimum absolute atomic E-state index is 0.287. The molecule has 10 heteroatoms. The molecule has 0 aromatic heterocycles. The molecular weight excluding hydrogens is 833 g/mol. The van der Waals surface area contributed by atoms with Crippen molar-refractivity contribution in [1.82, 2.24) is 0 Å². The lowest BCUT2D eigenvalue weighted by molar-refractivity contribution is -0.138. The molecule has 0 fully saturated rings. The van der Waals surface area contributed by atoms with Crippen molar-refractivity contribution in [3.8, 4) is 44.5 Å². The molecule has 0 saturated heterocycles. The molecule has 2 heterocycles. The van der Waals surface area contributed by atoms with E-state index in [2.05, 4.69) is 0 Å². The van der Waals surface area contributed by atoms with Crippen molar-refractivity contribution in [1.29, 1.82) is 0 Å². The second kappa shape index (κ2) is 13.5. The van der Waals surface area contributed by atoms with Crippen LogP contribution in [-0.4, -0.2) is 0 Å². The number of hydrogen-bond acceptors (Lipinski definition) is 2. The lowest BCUT2D eigenvalue weighted by Gasteiger charge is -2.22. The average Bonchev–Trinajstić information content (AvgIpc) is 3.69. The van der Waals surface area contributed by atoms with Crippen LogP contribution in [0.4, 0.5) is 26.3 Å². The van der Waals surface area contributed by atoms with E-state index in [1.807, 2.05) is 109 Å². The summed E-state index contributed by atoms with van der Waals surface area (Å²) in [7, 11) is -7.47. The first-order valence-electron chi connectivity index (χ1n) is 19.8. The third-order valence-corrected chi connectivity index (χ3v) is 18.6. The molecular formula is C52H30F6O2P2. The van der Waals surface area contributed by atoms with Gasteiger partial charge < -0.3 is 9.13 Å². The molecule has 0 N–H and O–H groups in total. The quantitative estimate of drug-likeness (QED) is 0.100. The van der Waals surface area contributed by atoms with Crippen LogP contribution in [0.5, 0.6) is 0 Å². The van der Waals surface area contributed by atoms with Crippen molar-refractivity contribution in [2.75, 3.05) is 0 Å². The van der Waals surface area contributed by atoms with E-state index in [0.717, 1.165) is 68.1 Å². The summed E-state index contributed by atoms with van der Waals surface area (Å²) in [4.78, 5) is 0. The molecule has 0 aliphatic carbocycles. The molecule has 0 spiro atoms. The molecule has 0 amide bonds. The summed E-state index contributed by atoms with van der Waals surface area (Å²) in [5, 5.41) is 5.80. The first-order valence-corrected chi connectivity index (χ1v) is 23.2. The Labute approximate surface area is 351 Å². The third-order valence-electron chi connectivity index (χ3n) is 12.3. The predicted octanol–water partition coefficient (Wildman–Crippen LogP) is 12.6. The zero-order valence-electron chi connectivity index (χ0n) is 32.3. The van der Waals surface area contributed by atoms with Crippen molar-refractivity contribution in [3.63, 3.8) is 0 Å². The number of halogens is 6. The van der Waals surface area contributed by atoms with E-state index in [1.165, 1.54) is 24.3 Å². The van der Waals surface area contributed by atoms with E-state index in [4.69, 9.17) is 0 Å². The molecule has 2 nitrogen and oxygen atoms in total. The van der Waals surface area contributed by atoms with Gasteiger partial charge in [0, 0.05) is 31.8 Å². The third kappa shape index (κ3) is 5.53. The highest BCUT2D eigenvalue weighted by Gasteiger charge is 2.44. The fourth-order valence-corrected chi connectivity index (χ4v) is 15.7. The van der Waals surface area contributed by atoms with Crippen LogP contribution in [-0.2, 0) is 21.5 Å². The maximum absolute atomic E-state index is 15.9. The molecule has 2 unspecified atom stereocenters. The summed E-state index contributed by atoms with van der Waals surface area (Å²) in [6.07, 6.45) is -9.14. The molecule has 0 radical (unpaired) electrons. The summed E-state index contributed by atoms with van der Waals surface area (Å²) in [5.41, 5.74) is 4.45. The van der Waals surface area contributed by atoms with Crippen molar-refractivity contribution in [2.24, 2.45) is 0 Å². The standard InChI is InChI=1S/C52H30F6O2P2/c53-51(54,55)33-19-23-35(24-20-33)61(59)46-18-10-8-16-38(46)40-28-42-43(29-47(40)61)49(31-11-3-1-4-12-31)41-27-39-37-15-7-9-17-45(37)62(60,36-25-21-34(22-26-36)52(56,57)58)48(39)30-44(41)50(42)32-13-5-2-6-14-32/h1-30H. The second-order valence-corrected chi connectivity index (χ2v) is 21.1. The topological polar surface area (TPSA) is 34.1 Å². The van der Waals surface area contributed by atoms with E-state index in [-0.39, 0.29) is 10.6 Å². The van der Waals surface area contributed by atoms with Crippen LogP contribution in [0.25, 0.3) is 66.1 Å². The summed E-state index contributed by atoms with van der Waals surface area (Å²) in [6, 6.07) is 51.3. The van der Waals surface area contributed by atoms with Gasteiger partial charge in [-0.15, -0.1) is 0 Å². The Morgan fingerprint density at radius 3 is 1.00 bits per heavy atom. The van der Waals surface area contributed by atoms with Gasteiger partial charge in [0.05, 0.1) is 11.1 Å². The van der Waals surface area contributed by atoms with Crippen LogP contribution >= 0.6 is 14.3 Å². The van der Waals surface area contributed by atoms with Crippen molar-refractivity contribution < 1.29 is 35.5 Å². The van der Waals surface area contributed by atoms with Gasteiger partial charge in [0.15, 0.2) is 14.3 Å². The smallest absolute Gasteiger partial charge is 0.309 e. The van der Waals surface area contributed by atoms with Crippen LogP contribution in [0.2, 0.25) is 0 Å². The van der Waals surface area contributed by atoms with Crippen molar-refractivity contribution in [3.05, 3.63) is 193 Å². The fraction of sp³-hybridized carbons (Fsp3) is 0.0385. The van der Waals surface area contributed by atoms with E-state index in [9.17, 15) is 26.3 Å². The Kier molecular flexibility index (Phi) is 8.39. The zero-order chi connectivity index (χ0) is 42.8. The molecule has 0 saturated carbocycles. The molecule has 2 aliphatic heterocycles. The summed E-state index contributed by atoms with van der Waals surface area (Å²) in [5.74, 6) is 0. The number of rotatable bonds is 4. The van der Waals surface area contributed by atoms with E-state index < -0.39 is 37.8 Å². The highest BCUT2D eigenvalue weighted by Crippen LogP contribution is 2.57. The number of benzene rings is 9. The summed E-state index contributed by atoms with van der Waals surface area (Å²) < 4.78 is 115. The number of hydrogen-bond donors (Lipinski definition) is 0. The Bertz CT molecular complexity index is 3180. The first-order chi connectivity index (χ1) is 29.8. The zero-order valence-corrected chi connectivity index (χ0v) is 34.1. The normalized spacial score (nSPS) is 17.8. The Morgan fingerprint density at radius 2 is 0.645 bits per heavy atom. The van der Waals surface area contributed by atoms with Gasteiger partial charge in [-0.05, 0) is 115 Å². The van der Waals surface area contributed by atoms with Crippen LogP contribution in [0, 0.1) is 0 Å². The van der Waals surface area contributed by atoms with Crippen molar-refractivity contribution >= 4 is 67.7 Å². The van der Waals surface area contributed by atoms with E-state index in [1.54, 1.807) is 24.3 Å². The number of fused-ring (bicyclic) bond motifs is 8. The molecule has 62 heavy (non-hydrogen) atoms. The van der Waals surface area contributed by atoms with Gasteiger partial charge in [-0.25, -0.2) is 0 Å². The van der Waals surface area contributed by atoms with Crippen LogP contribution < -0.4 is 31.8 Å². The summed E-state index contributed by atoms with van der Waals surface area (Å²) in [6.45, 7) is 0. The number of alkyl halides is 6. The molecule has 11 rings (SSSR count). The van der Waals surface area contributed by atoms with E-state index >= 15 is 9.13 Å². The Hall–Kier alpha value is -6.46. The van der Waals surface area contributed by atoms with Gasteiger partial charge in [0.2, 0.25) is 0 Å². The maximum Gasteiger partial charge on any atom is 0.416 e. The molecule has 2 atom stereocenters. The van der Waals surface area contributed by atoms with Crippen molar-refractivity contribution in [2.45, 2.75) is 12.4 Å². The first kappa shape index (κ1) is 38.5. The lowest BCUT2D eigenvalue weighted by Crippen LogP contribution is -2.22.